The minimum atomic E-state index is -0.0125. The van der Waals surface area contributed by atoms with Crippen LogP contribution in [0.1, 0.15) is 112 Å². The molecule has 0 aliphatic heterocycles. The zero-order valence-corrected chi connectivity index (χ0v) is 17.3. The lowest BCUT2D eigenvalue weighted by atomic mass is 10.1. The van der Waals surface area contributed by atoms with Gasteiger partial charge in [-0.2, -0.15) is 0 Å². The highest BCUT2D eigenvalue weighted by atomic mass is 15.1. The molecule has 0 aromatic carbocycles. The van der Waals surface area contributed by atoms with Crippen LogP contribution < -0.4 is 11.1 Å². The molecule has 144 valence electrons. The summed E-state index contributed by atoms with van der Waals surface area (Å²) >= 11 is 0. The summed E-state index contributed by atoms with van der Waals surface area (Å²) in [4.78, 5) is 4.67. The van der Waals surface area contributed by atoms with Crippen molar-refractivity contribution >= 4 is 5.84 Å². The summed E-state index contributed by atoms with van der Waals surface area (Å²) in [5.41, 5.74) is 6.03. The first-order valence-electron chi connectivity index (χ1n) is 10.4. The lowest BCUT2D eigenvalue weighted by Gasteiger charge is -2.25. The van der Waals surface area contributed by atoms with E-state index >= 15 is 0 Å². The van der Waals surface area contributed by atoms with Gasteiger partial charge in [0.2, 0.25) is 0 Å². The highest BCUT2D eigenvalue weighted by Gasteiger charge is 2.14. The van der Waals surface area contributed by atoms with E-state index in [2.05, 4.69) is 38.0 Å². The minimum Gasteiger partial charge on any atom is -0.368 e. The zero-order chi connectivity index (χ0) is 18.3. The number of nitrogens with zero attached hydrogens (tertiary/aromatic N) is 1. The molecule has 0 bridgehead atoms. The van der Waals surface area contributed by atoms with Gasteiger partial charge in [0.1, 0.15) is 5.84 Å². The molecule has 1 atom stereocenters. The van der Waals surface area contributed by atoms with E-state index < -0.39 is 0 Å². The summed E-state index contributed by atoms with van der Waals surface area (Å²) in [6.45, 7) is 11.6. The molecule has 0 amide bonds. The Labute approximate surface area is 152 Å². The van der Waals surface area contributed by atoms with E-state index in [1.165, 1.54) is 77.0 Å². The monoisotopic (exact) mass is 339 g/mol. The SMILES string of the molecule is CCCCCCCCCCCCCCN=C(NC(C)(C)C)C(C)N. The van der Waals surface area contributed by atoms with Gasteiger partial charge < -0.3 is 11.1 Å². The number of hydrogen-bond acceptors (Lipinski definition) is 2. The molecule has 1 unspecified atom stereocenters. The van der Waals surface area contributed by atoms with E-state index in [1.54, 1.807) is 0 Å². The van der Waals surface area contributed by atoms with Gasteiger partial charge in [0.15, 0.2) is 0 Å². The van der Waals surface area contributed by atoms with Crippen LogP contribution in [0.5, 0.6) is 0 Å². The quantitative estimate of drug-likeness (QED) is 0.238. The number of hydrogen-bond donors (Lipinski definition) is 2. The average molecular weight is 340 g/mol. The number of aliphatic imine (C=N–C) groups is 1. The van der Waals surface area contributed by atoms with Gasteiger partial charge in [0.05, 0.1) is 6.04 Å². The lowest BCUT2D eigenvalue weighted by molar-refractivity contribution is 0.501. The summed E-state index contributed by atoms with van der Waals surface area (Å²) in [5, 5.41) is 3.42. The molecule has 0 heterocycles. The first-order valence-corrected chi connectivity index (χ1v) is 10.4. The van der Waals surface area contributed by atoms with Crippen LogP contribution in [-0.4, -0.2) is 24.0 Å². The lowest BCUT2D eigenvalue weighted by Crippen LogP contribution is -2.48. The van der Waals surface area contributed by atoms with Crippen molar-refractivity contribution in [3.63, 3.8) is 0 Å². The summed E-state index contributed by atoms with van der Waals surface area (Å²) in [6.07, 6.45) is 16.6. The standard InChI is InChI=1S/C21H45N3/c1-6-7-8-9-10-11-12-13-14-15-16-17-18-23-20(19(2)22)24-21(3,4)5/h19H,6-18,22H2,1-5H3,(H,23,24). The second kappa shape index (κ2) is 14.7. The fourth-order valence-electron chi connectivity index (χ4n) is 2.83. The average Bonchev–Trinajstić information content (AvgIpc) is 2.49. The first kappa shape index (κ1) is 23.4. The Morgan fingerprint density at radius 1 is 0.833 bits per heavy atom. The van der Waals surface area contributed by atoms with E-state index in [-0.39, 0.29) is 11.6 Å². The Morgan fingerprint density at radius 3 is 1.62 bits per heavy atom. The Kier molecular flexibility index (Phi) is 14.4. The number of amidine groups is 1. The number of nitrogens with one attached hydrogen (secondary N) is 1. The van der Waals surface area contributed by atoms with Gasteiger partial charge >= 0.3 is 0 Å². The number of unbranched alkanes of at least 4 members (excludes halogenated alkanes) is 11. The number of rotatable bonds is 14. The largest absolute Gasteiger partial charge is 0.368 e. The van der Waals surface area contributed by atoms with E-state index in [9.17, 15) is 0 Å². The summed E-state index contributed by atoms with van der Waals surface area (Å²) in [7, 11) is 0. The third-order valence-corrected chi connectivity index (χ3v) is 4.23. The highest BCUT2D eigenvalue weighted by Crippen LogP contribution is 2.12. The fraction of sp³-hybridized carbons (Fsp3) is 0.952. The maximum absolute atomic E-state index is 6.00. The van der Waals surface area contributed by atoms with Crippen LogP contribution in [-0.2, 0) is 0 Å². The summed E-state index contributed by atoms with van der Waals surface area (Å²) in [6, 6.07) is -0.0125. The molecule has 0 aromatic rings. The third kappa shape index (κ3) is 16.3. The minimum absolute atomic E-state index is 0.0125. The Bertz CT molecular complexity index is 303. The van der Waals surface area contributed by atoms with Gasteiger partial charge in [-0.15, -0.1) is 0 Å². The molecule has 0 rings (SSSR count). The smallest absolute Gasteiger partial charge is 0.113 e. The van der Waals surface area contributed by atoms with Crippen LogP contribution in [0.3, 0.4) is 0 Å². The topological polar surface area (TPSA) is 50.4 Å². The fourth-order valence-corrected chi connectivity index (χ4v) is 2.83. The molecule has 3 heteroatoms. The molecule has 0 aromatic heterocycles. The zero-order valence-electron chi connectivity index (χ0n) is 17.3. The van der Waals surface area contributed by atoms with Crippen LogP contribution in [0.25, 0.3) is 0 Å². The molecule has 0 aliphatic rings. The molecular formula is C21H45N3. The maximum Gasteiger partial charge on any atom is 0.113 e. The van der Waals surface area contributed by atoms with Crippen molar-refractivity contribution in [2.75, 3.05) is 6.54 Å². The molecule has 0 aliphatic carbocycles. The van der Waals surface area contributed by atoms with Crippen LogP contribution in [0.4, 0.5) is 0 Å². The van der Waals surface area contributed by atoms with E-state index in [0.717, 1.165) is 12.4 Å². The van der Waals surface area contributed by atoms with Crippen LogP contribution in [0.2, 0.25) is 0 Å². The molecule has 0 spiro atoms. The molecular weight excluding hydrogens is 294 g/mol. The van der Waals surface area contributed by atoms with Gasteiger partial charge in [-0.05, 0) is 34.1 Å². The van der Waals surface area contributed by atoms with Gasteiger partial charge in [0, 0.05) is 12.1 Å². The van der Waals surface area contributed by atoms with Crippen LogP contribution in [0, 0.1) is 0 Å². The molecule has 0 fully saturated rings. The van der Waals surface area contributed by atoms with Crippen molar-refractivity contribution in [2.24, 2.45) is 10.7 Å². The second-order valence-electron chi connectivity index (χ2n) is 8.32. The van der Waals surface area contributed by atoms with Gasteiger partial charge in [0.25, 0.3) is 0 Å². The summed E-state index contributed by atoms with van der Waals surface area (Å²) < 4.78 is 0. The Balaban J connectivity index is 3.53. The molecule has 24 heavy (non-hydrogen) atoms. The van der Waals surface area contributed by atoms with Gasteiger partial charge in [-0.25, -0.2) is 0 Å². The van der Waals surface area contributed by atoms with E-state index in [4.69, 9.17) is 5.73 Å². The second-order valence-corrected chi connectivity index (χ2v) is 8.32. The van der Waals surface area contributed by atoms with Crippen molar-refractivity contribution in [1.82, 2.24) is 5.32 Å². The molecule has 0 saturated heterocycles. The van der Waals surface area contributed by atoms with Gasteiger partial charge in [-0.1, -0.05) is 77.6 Å². The molecule has 0 saturated carbocycles. The number of nitrogens with two attached hydrogens (primary N) is 1. The van der Waals surface area contributed by atoms with Crippen molar-refractivity contribution in [1.29, 1.82) is 0 Å². The van der Waals surface area contributed by atoms with Crippen molar-refractivity contribution < 1.29 is 0 Å². The maximum atomic E-state index is 6.00. The molecule has 3 nitrogen and oxygen atoms in total. The molecule has 0 radical (unpaired) electrons. The van der Waals surface area contributed by atoms with E-state index in [0.29, 0.717) is 0 Å². The van der Waals surface area contributed by atoms with Gasteiger partial charge in [-0.3, -0.25) is 4.99 Å². The predicted molar refractivity (Wildman–Crippen MR) is 110 cm³/mol. The highest BCUT2D eigenvalue weighted by molar-refractivity contribution is 5.87. The molecule has 3 N–H and O–H groups in total. The van der Waals surface area contributed by atoms with Crippen molar-refractivity contribution in [3.8, 4) is 0 Å². The Hall–Kier alpha value is -0.570. The third-order valence-electron chi connectivity index (χ3n) is 4.23. The normalized spacial score (nSPS) is 14.0. The Morgan fingerprint density at radius 2 is 1.25 bits per heavy atom. The van der Waals surface area contributed by atoms with Crippen molar-refractivity contribution in [2.45, 2.75) is 123 Å². The van der Waals surface area contributed by atoms with Crippen LogP contribution >= 0.6 is 0 Å². The summed E-state index contributed by atoms with van der Waals surface area (Å²) in [5.74, 6) is 0.950. The van der Waals surface area contributed by atoms with Crippen LogP contribution in [0.15, 0.2) is 4.99 Å². The first-order chi connectivity index (χ1) is 11.4. The van der Waals surface area contributed by atoms with Crippen molar-refractivity contribution in [3.05, 3.63) is 0 Å². The van der Waals surface area contributed by atoms with E-state index in [1.807, 2.05) is 6.92 Å². The predicted octanol–water partition coefficient (Wildman–Crippen LogP) is 5.82.